The lowest BCUT2D eigenvalue weighted by atomic mass is 10.1. The van der Waals surface area contributed by atoms with Gasteiger partial charge in [0.1, 0.15) is 10.0 Å². The van der Waals surface area contributed by atoms with Crippen LogP contribution in [0.4, 0.5) is 17.6 Å². The minimum Gasteiger partial charge on any atom is -0.207 e. The minimum atomic E-state index is -4.71. The van der Waals surface area contributed by atoms with Crippen molar-refractivity contribution in [2.45, 2.75) is 16.9 Å². The normalized spacial score (nSPS) is 12.6. The van der Waals surface area contributed by atoms with Crippen molar-refractivity contribution in [1.82, 2.24) is 4.72 Å². The van der Waals surface area contributed by atoms with E-state index in [1.807, 2.05) is 0 Å². The third-order valence-corrected chi connectivity index (χ3v) is 5.69. The van der Waals surface area contributed by atoms with Gasteiger partial charge in [0.2, 0.25) is 10.0 Å². The van der Waals surface area contributed by atoms with E-state index in [9.17, 15) is 26.0 Å². The molecule has 10 heteroatoms. The lowest BCUT2D eigenvalue weighted by Crippen LogP contribution is -2.22. The van der Waals surface area contributed by atoms with Gasteiger partial charge in [-0.15, -0.1) is 11.3 Å². The van der Waals surface area contributed by atoms with E-state index in [1.54, 1.807) is 0 Å². The number of hydrogen-bond donors (Lipinski definition) is 1. The molecule has 0 amide bonds. The van der Waals surface area contributed by atoms with Crippen LogP contribution in [0.5, 0.6) is 0 Å². The minimum absolute atomic E-state index is 0.0788. The first kappa shape index (κ1) is 17.2. The van der Waals surface area contributed by atoms with Gasteiger partial charge in [-0.3, -0.25) is 0 Å². The van der Waals surface area contributed by atoms with Gasteiger partial charge in [0.15, 0.2) is 0 Å². The second-order valence-electron chi connectivity index (χ2n) is 4.23. The SMILES string of the molecule is O=S(=O)(NCc1cc(F)cc(C(F)(F)F)c1)c1ccc(Cl)s1. The molecule has 2 rings (SSSR count). The van der Waals surface area contributed by atoms with E-state index < -0.39 is 34.1 Å². The molecular formula is C12H8ClF4NO2S2. The topological polar surface area (TPSA) is 46.2 Å². The number of benzene rings is 1. The maximum atomic E-state index is 13.2. The van der Waals surface area contributed by atoms with Gasteiger partial charge >= 0.3 is 6.18 Å². The van der Waals surface area contributed by atoms with E-state index in [0.717, 1.165) is 17.4 Å². The van der Waals surface area contributed by atoms with E-state index >= 15 is 0 Å². The highest BCUT2D eigenvalue weighted by Crippen LogP contribution is 2.30. The van der Waals surface area contributed by atoms with Gasteiger partial charge in [-0.1, -0.05) is 11.6 Å². The number of hydrogen-bond acceptors (Lipinski definition) is 3. The zero-order chi connectivity index (χ0) is 16.5. The summed E-state index contributed by atoms with van der Waals surface area (Å²) in [6.45, 7) is -0.474. The molecule has 120 valence electrons. The van der Waals surface area contributed by atoms with Crippen LogP contribution in [0.1, 0.15) is 11.1 Å². The van der Waals surface area contributed by atoms with Crippen molar-refractivity contribution in [3.63, 3.8) is 0 Å². The fraction of sp³-hybridized carbons (Fsp3) is 0.167. The lowest BCUT2D eigenvalue weighted by Gasteiger charge is -2.10. The van der Waals surface area contributed by atoms with E-state index in [4.69, 9.17) is 11.6 Å². The highest BCUT2D eigenvalue weighted by atomic mass is 35.5. The molecule has 0 spiro atoms. The Bertz CT molecular complexity index is 787. The van der Waals surface area contributed by atoms with Crippen molar-refractivity contribution in [3.8, 4) is 0 Å². The maximum absolute atomic E-state index is 13.2. The molecule has 0 aliphatic carbocycles. The molecule has 0 bridgehead atoms. The molecule has 0 aliphatic heterocycles. The average molecular weight is 374 g/mol. The molecule has 0 aliphatic rings. The fourth-order valence-corrected chi connectivity index (χ4v) is 4.15. The first-order chi connectivity index (χ1) is 10.1. The molecule has 22 heavy (non-hydrogen) atoms. The second kappa shape index (κ2) is 6.15. The molecule has 0 radical (unpaired) electrons. The number of thiophene rings is 1. The zero-order valence-corrected chi connectivity index (χ0v) is 13.0. The Morgan fingerprint density at radius 2 is 1.86 bits per heavy atom. The summed E-state index contributed by atoms with van der Waals surface area (Å²) < 4.78 is 77.0. The quantitative estimate of drug-likeness (QED) is 0.822. The van der Waals surface area contributed by atoms with Gasteiger partial charge in [-0.2, -0.15) is 13.2 Å². The van der Waals surface area contributed by atoms with Crippen LogP contribution in [0.2, 0.25) is 4.34 Å². The molecule has 2 aromatic rings. The van der Waals surface area contributed by atoms with E-state index in [0.29, 0.717) is 12.1 Å². The first-order valence-corrected chi connectivity index (χ1v) is 8.37. The van der Waals surface area contributed by atoms with Crippen LogP contribution in [0.3, 0.4) is 0 Å². The third kappa shape index (κ3) is 4.19. The van der Waals surface area contributed by atoms with Crippen molar-refractivity contribution in [3.05, 3.63) is 51.6 Å². The van der Waals surface area contributed by atoms with Crippen molar-refractivity contribution in [1.29, 1.82) is 0 Å². The van der Waals surface area contributed by atoms with E-state index in [1.165, 1.54) is 12.1 Å². The van der Waals surface area contributed by atoms with Crippen molar-refractivity contribution < 1.29 is 26.0 Å². The summed E-state index contributed by atoms with van der Waals surface area (Å²) in [7, 11) is -3.92. The van der Waals surface area contributed by atoms with E-state index in [-0.39, 0.29) is 14.1 Å². The smallest absolute Gasteiger partial charge is 0.207 e. The molecule has 0 saturated heterocycles. The molecule has 1 aromatic carbocycles. The van der Waals surface area contributed by atoms with Gasteiger partial charge in [-0.05, 0) is 35.9 Å². The Kier molecular flexibility index (Phi) is 4.81. The fourth-order valence-electron chi connectivity index (χ4n) is 1.61. The summed E-state index contributed by atoms with van der Waals surface area (Å²) in [5.74, 6) is -1.09. The predicted molar refractivity (Wildman–Crippen MR) is 74.8 cm³/mol. The monoisotopic (exact) mass is 373 g/mol. The Hall–Kier alpha value is -1.16. The molecule has 1 heterocycles. The molecule has 0 saturated carbocycles. The Labute approximate surface area is 132 Å². The second-order valence-corrected chi connectivity index (χ2v) is 7.94. The van der Waals surface area contributed by atoms with Crippen LogP contribution in [0.25, 0.3) is 0 Å². The summed E-state index contributed by atoms with van der Waals surface area (Å²) in [5, 5.41) is 0. The molecule has 3 nitrogen and oxygen atoms in total. The maximum Gasteiger partial charge on any atom is 0.416 e. The lowest BCUT2D eigenvalue weighted by molar-refractivity contribution is -0.137. The van der Waals surface area contributed by atoms with Crippen LogP contribution in [-0.4, -0.2) is 8.42 Å². The number of nitrogens with one attached hydrogen (secondary N) is 1. The molecule has 0 unspecified atom stereocenters. The van der Waals surface area contributed by atoms with Gasteiger partial charge < -0.3 is 0 Å². The zero-order valence-electron chi connectivity index (χ0n) is 10.6. The molecule has 1 aromatic heterocycles. The highest BCUT2D eigenvalue weighted by Gasteiger charge is 2.31. The van der Waals surface area contributed by atoms with Gasteiger partial charge in [0, 0.05) is 6.54 Å². The van der Waals surface area contributed by atoms with Crippen molar-refractivity contribution in [2.24, 2.45) is 0 Å². The number of alkyl halides is 3. The Balaban J connectivity index is 2.20. The predicted octanol–water partition coefficient (Wildman–Crippen LogP) is 4.04. The largest absolute Gasteiger partial charge is 0.416 e. The van der Waals surface area contributed by atoms with Crippen LogP contribution >= 0.6 is 22.9 Å². The summed E-state index contributed by atoms with van der Waals surface area (Å²) in [4.78, 5) is 0. The Morgan fingerprint density at radius 3 is 2.41 bits per heavy atom. The molecule has 0 atom stereocenters. The highest BCUT2D eigenvalue weighted by molar-refractivity contribution is 7.91. The number of halogens is 5. The van der Waals surface area contributed by atoms with Crippen molar-refractivity contribution >= 4 is 33.0 Å². The molecule has 0 fully saturated rings. The van der Waals surface area contributed by atoms with Gasteiger partial charge in [0.25, 0.3) is 0 Å². The number of rotatable bonds is 4. The van der Waals surface area contributed by atoms with Gasteiger partial charge in [0.05, 0.1) is 9.90 Å². The summed E-state index contributed by atoms with van der Waals surface area (Å²) in [5.41, 5.74) is -1.32. The average Bonchev–Trinajstić information content (AvgIpc) is 2.82. The third-order valence-electron chi connectivity index (χ3n) is 2.56. The standard InChI is InChI=1S/C12H8ClF4NO2S2/c13-10-1-2-11(21-10)22(19,20)18-6-7-3-8(12(15,16)17)5-9(14)4-7/h1-5,18H,6H2. The van der Waals surface area contributed by atoms with Crippen LogP contribution in [0, 0.1) is 5.82 Å². The van der Waals surface area contributed by atoms with Crippen LogP contribution in [-0.2, 0) is 22.7 Å². The number of sulfonamides is 1. The summed E-state index contributed by atoms with van der Waals surface area (Å²) >= 11 is 6.43. The van der Waals surface area contributed by atoms with Crippen molar-refractivity contribution in [2.75, 3.05) is 0 Å². The van der Waals surface area contributed by atoms with Gasteiger partial charge in [-0.25, -0.2) is 17.5 Å². The van der Waals surface area contributed by atoms with Crippen LogP contribution < -0.4 is 4.72 Å². The summed E-state index contributed by atoms with van der Waals surface area (Å²) in [6.07, 6.45) is -4.71. The molecule has 1 N–H and O–H groups in total. The van der Waals surface area contributed by atoms with E-state index in [2.05, 4.69) is 4.72 Å². The summed E-state index contributed by atoms with van der Waals surface area (Å²) in [6, 6.07) is 4.51. The molecular weight excluding hydrogens is 366 g/mol. The first-order valence-electron chi connectivity index (χ1n) is 5.69. The Morgan fingerprint density at radius 1 is 1.18 bits per heavy atom. The van der Waals surface area contributed by atoms with Crippen LogP contribution in [0.15, 0.2) is 34.5 Å².